The Bertz CT molecular complexity index is 907. The maximum atomic E-state index is 12.9. The number of thioether (sulfide) groups is 1. The first kappa shape index (κ1) is 21.8. The summed E-state index contributed by atoms with van der Waals surface area (Å²) in [5, 5.41) is 2.95. The normalized spacial score (nSPS) is 23.5. The first-order valence-electron chi connectivity index (χ1n) is 10.1. The second kappa shape index (κ2) is 9.38. The molecule has 8 heteroatoms. The zero-order valence-corrected chi connectivity index (χ0v) is 18.7. The number of methoxy groups -OCH3 is 2. The molecule has 0 unspecified atom stereocenters. The van der Waals surface area contributed by atoms with Crippen molar-refractivity contribution < 1.29 is 28.5 Å². The van der Waals surface area contributed by atoms with Crippen LogP contribution in [0.15, 0.2) is 42.5 Å². The molecule has 7 nitrogen and oxygen atoms in total. The van der Waals surface area contributed by atoms with Crippen molar-refractivity contribution in [2.45, 2.75) is 19.3 Å². The molecule has 0 aromatic heterocycles. The summed E-state index contributed by atoms with van der Waals surface area (Å²) >= 11 is 1.88. The molecule has 31 heavy (non-hydrogen) atoms. The molecule has 0 radical (unpaired) electrons. The molecular weight excluding hydrogens is 418 g/mol. The summed E-state index contributed by atoms with van der Waals surface area (Å²) in [5.41, 5.74) is 0.717. The summed E-state index contributed by atoms with van der Waals surface area (Å²) in [6.45, 7) is 2.30. The van der Waals surface area contributed by atoms with Gasteiger partial charge < -0.3 is 29.0 Å². The molecule has 166 valence electrons. The smallest absolute Gasteiger partial charge is 0.234 e. The monoisotopic (exact) mass is 445 g/mol. The second-order valence-electron chi connectivity index (χ2n) is 7.88. The molecule has 1 amide bonds. The van der Waals surface area contributed by atoms with Crippen molar-refractivity contribution in [1.82, 2.24) is 0 Å². The number of nitrogens with one attached hydrogen (secondary N) is 1. The van der Waals surface area contributed by atoms with Crippen LogP contribution in [-0.4, -0.2) is 51.0 Å². The van der Waals surface area contributed by atoms with Gasteiger partial charge in [0.05, 0.1) is 32.8 Å². The third-order valence-electron chi connectivity index (χ3n) is 5.36. The molecular formula is C23H27NO6S. The highest BCUT2D eigenvalue weighted by Crippen LogP contribution is 2.36. The summed E-state index contributed by atoms with van der Waals surface area (Å²) in [6.07, 6.45) is -0.277. The average Bonchev–Trinajstić information content (AvgIpc) is 2.77. The highest BCUT2D eigenvalue weighted by molar-refractivity contribution is 8.00. The maximum absolute atomic E-state index is 12.9. The van der Waals surface area contributed by atoms with Gasteiger partial charge in [0, 0.05) is 22.8 Å². The van der Waals surface area contributed by atoms with Gasteiger partial charge in [-0.15, -0.1) is 0 Å². The molecule has 0 atom stereocenters. The molecule has 1 N–H and O–H groups in total. The van der Waals surface area contributed by atoms with Crippen LogP contribution in [0.25, 0.3) is 0 Å². The van der Waals surface area contributed by atoms with Crippen LogP contribution in [0, 0.1) is 5.41 Å². The number of benzene rings is 2. The van der Waals surface area contributed by atoms with Crippen LogP contribution in [0.2, 0.25) is 0 Å². The molecule has 2 aromatic rings. The van der Waals surface area contributed by atoms with E-state index in [4.69, 9.17) is 23.7 Å². The van der Waals surface area contributed by atoms with E-state index in [1.807, 2.05) is 55.1 Å². The molecule has 0 spiro atoms. The Morgan fingerprint density at radius 2 is 1.71 bits per heavy atom. The standard InChI is InChI=1S/C23H27NO6S/c1-23(22(25)24-16-5-7-17(8-6-16)30-18-11-31-12-18)13-28-21(29-14-23)15-4-9-19(26-2)20(10-15)27-3/h4-10,18,21H,11-14H2,1-3H3,(H,24,25). The fraction of sp³-hybridized carbons (Fsp3) is 0.435. The number of hydrogen-bond donors (Lipinski definition) is 1. The van der Waals surface area contributed by atoms with Gasteiger partial charge >= 0.3 is 0 Å². The van der Waals surface area contributed by atoms with Gasteiger partial charge in [0.1, 0.15) is 11.9 Å². The van der Waals surface area contributed by atoms with Crippen molar-refractivity contribution >= 4 is 23.4 Å². The molecule has 2 fully saturated rings. The Morgan fingerprint density at radius 1 is 1.03 bits per heavy atom. The van der Waals surface area contributed by atoms with Crippen molar-refractivity contribution in [3.63, 3.8) is 0 Å². The summed E-state index contributed by atoms with van der Waals surface area (Å²) in [4.78, 5) is 12.9. The van der Waals surface area contributed by atoms with Gasteiger partial charge in [-0.2, -0.15) is 11.8 Å². The molecule has 2 heterocycles. The van der Waals surface area contributed by atoms with Crippen LogP contribution >= 0.6 is 11.8 Å². The molecule has 0 bridgehead atoms. The van der Waals surface area contributed by atoms with Crippen molar-refractivity contribution in [3.05, 3.63) is 48.0 Å². The van der Waals surface area contributed by atoms with Gasteiger partial charge in [-0.25, -0.2) is 0 Å². The Morgan fingerprint density at radius 3 is 2.29 bits per heavy atom. The molecule has 2 aliphatic heterocycles. The number of rotatable bonds is 7. The molecule has 2 aliphatic rings. The Kier molecular flexibility index (Phi) is 6.60. The summed E-state index contributed by atoms with van der Waals surface area (Å²) in [5.74, 6) is 3.96. The Balaban J connectivity index is 1.33. The highest BCUT2D eigenvalue weighted by atomic mass is 32.2. The van der Waals surface area contributed by atoms with Gasteiger partial charge in [0.2, 0.25) is 5.91 Å². The van der Waals surface area contributed by atoms with Gasteiger partial charge in [-0.1, -0.05) is 6.07 Å². The average molecular weight is 446 g/mol. The molecule has 4 rings (SSSR count). The lowest BCUT2D eigenvalue weighted by atomic mass is 9.90. The van der Waals surface area contributed by atoms with E-state index >= 15 is 0 Å². The van der Waals surface area contributed by atoms with Crippen LogP contribution in [0.5, 0.6) is 17.2 Å². The zero-order valence-electron chi connectivity index (χ0n) is 17.9. The Labute approximate surface area is 186 Å². The number of amides is 1. The minimum absolute atomic E-state index is 0.151. The molecule has 2 aromatic carbocycles. The van der Waals surface area contributed by atoms with E-state index in [-0.39, 0.29) is 19.1 Å². The van der Waals surface area contributed by atoms with E-state index in [1.54, 1.807) is 20.3 Å². The number of carbonyl (C=O) groups is 1. The number of hydrogen-bond acceptors (Lipinski definition) is 7. The van der Waals surface area contributed by atoms with E-state index in [0.717, 1.165) is 22.8 Å². The van der Waals surface area contributed by atoms with Crippen LogP contribution in [0.4, 0.5) is 5.69 Å². The van der Waals surface area contributed by atoms with Crippen LogP contribution < -0.4 is 19.5 Å². The van der Waals surface area contributed by atoms with E-state index < -0.39 is 11.7 Å². The van der Waals surface area contributed by atoms with Gasteiger partial charge in [0.25, 0.3) is 0 Å². The largest absolute Gasteiger partial charge is 0.493 e. The van der Waals surface area contributed by atoms with Gasteiger partial charge in [-0.3, -0.25) is 4.79 Å². The van der Waals surface area contributed by atoms with Gasteiger partial charge in [-0.05, 0) is 43.3 Å². The van der Waals surface area contributed by atoms with E-state index in [2.05, 4.69) is 5.32 Å². The topological polar surface area (TPSA) is 75.3 Å². The van der Waals surface area contributed by atoms with Crippen LogP contribution in [0.1, 0.15) is 18.8 Å². The fourth-order valence-corrected chi connectivity index (χ4v) is 3.87. The number of carbonyl (C=O) groups excluding carboxylic acids is 1. The number of anilines is 1. The third kappa shape index (κ3) is 4.92. The second-order valence-corrected chi connectivity index (χ2v) is 8.96. The predicted molar refractivity (Wildman–Crippen MR) is 119 cm³/mol. The van der Waals surface area contributed by atoms with Gasteiger partial charge in [0.15, 0.2) is 17.8 Å². The minimum Gasteiger partial charge on any atom is -0.493 e. The van der Waals surface area contributed by atoms with E-state index in [0.29, 0.717) is 23.3 Å². The lowest BCUT2D eigenvalue weighted by Crippen LogP contribution is -2.45. The van der Waals surface area contributed by atoms with Crippen LogP contribution in [-0.2, 0) is 14.3 Å². The lowest BCUT2D eigenvalue weighted by molar-refractivity contribution is -0.226. The zero-order chi connectivity index (χ0) is 21.8. The Hall–Kier alpha value is -2.42. The summed E-state index contributed by atoms with van der Waals surface area (Å²) in [7, 11) is 3.17. The molecule has 0 saturated carbocycles. The first-order valence-corrected chi connectivity index (χ1v) is 11.3. The SMILES string of the molecule is COc1ccc(C2OCC(C)(C(=O)Nc3ccc(OC4CSC4)cc3)CO2)cc1OC. The molecule has 0 aliphatic carbocycles. The summed E-state index contributed by atoms with van der Waals surface area (Å²) in [6, 6.07) is 12.9. The highest BCUT2D eigenvalue weighted by Gasteiger charge is 2.40. The predicted octanol–water partition coefficient (Wildman–Crippen LogP) is 3.89. The van der Waals surface area contributed by atoms with Crippen molar-refractivity contribution in [2.24, 2.45) is 5.41 Å². The van der Waals surface area contributed by atoms with E-state index in [1.165, 1.54) is 0 Å². The first-order chi connectivity index (χ1) is 15.0. The maximum Gasteiger partial charge on any atom is 0.234 e. The minimum atomic E-state index is -0.800. The quantitative estimate of drug-likeness (QED) is 0.693. The fourth-order valence-electron chi connectivity index (χ4n) is 3.31. The van der Waals surface area contributed by atoms with Crippen molar-refractivity contribution in [2.75, 3.05) is 44.3 Å². The molecule has 2 saturated heterocycles. The van der Waals surface area contributed by atoms with Crippen molar-refractivity contribution in [3.8, 4) is 17.2 Å². The third-order valence-corrected chi connectivity index (χ3v) is 6.57. The van der Waals surface area contributed by atoms with Crippen LogP contribution in [0.3, 0.4) is 0 Å². The van der Waals surface area contributed by atoms with Crippen molar-refractivity contribution in [1.29, 1.82) is 0 Å². The summed E-state index contributed by atoms with van der Waals surface area (Å²) < 4.78 is 28.2. The number of ether oxygens (including phenoxy) is 5. The lowest BCUT2D eigenvalue weighted by Gasteiger charge is -2.36. The van der Waals surface area contributed by atoms with E-state index in [9.17, 15) is 4.79 Å².